The van der Waals surface area contributed by atoms with Crippen molar-refractivity contribution >= 4 is 52.1 Å². The van der Waals surface area contributed by atoms with Gasteiger partial charge in [0.15, 0.2) is 0 Å². The number of halogens is 2. The lowest BCUT2D eigenvalue weighted by atomic mass is 9.98. The summed E-state index contributed by atoms with van der Waals surface area (Å²) in [5.41, 5.74) is 0.452. The van der Waals surface area contributed by atoms with E-state index in [1.807, 2.05) is 20.8 Å². The van der Waals surface area contributed by atoms with E-state index in [1.165, 1.54) is 11.0 Å². The molecule has 1 heterocycles. The van der Waals surface area contributed by atoms with Gasteiger partial charge in [-0.25, -0.2) is 4.79 Å². The lowest BCUT2D eigenvalue weighted by Crippen LogP contribution is -2.34. The summed E-state index contributed by atoms with van der Waals surface area (Å²) in [7, 11) is 0. The smallest absolute Gasteiger partial charge is 0.348 e. The van der Waals surface area contributed by atoms with Gasteiger partial charge < -0.3 is 10.0 Å². The van der Waals surface area contributed by atoms with Crippen molar-refractivity contribution < 1.29 is 14.7 Å². The molecule has 3 rings (SSSR count). The molecule has 1 fully saturated rings. The number of hydrogen-bond donors (Lipinski definition) is 1. The SMILES string of the molecule is CC(C)(C)C#Cc1cc(N(C(=O)c2ccc(Cl)cc2Cl)C2CC2)c(C(=O)O)s1. The Morgan fingerprint density at radius 2 is 1.89 bits per heavy atom. The third-order valence-electron chi connectivity index (χ3n) is 4.02. The summed E-state index contributed by atoms with van der Waals surface area (Å²) in [4.78, 5) is 27.3. The molecule has 1 aliphatic carbocycles. The summed E-state index contributed by atoms with van der Waals surface area (Å²) in [6, 6.07) is 6.31. The van der Waals surface area contributed by atoms with Gasteiger partial charge in [0.1, 0.15) is 4.88 Å². The summed E-state index contributed by atoms with van der Waals surface area (Å²) < 4.78 is 0. The zero-order valence-corrected chi connectivity index (χ0v) is 18.0. The second-order valence-electron chi connectivity index (χ2n) is 7.66. The van der Waals surface area contributed by atoms with Crippen LogP contribution in [0, 0.1) is 17.3 Å². The Hall–Kier alpha value is -2.00. The Kier molecular flexibility index (Phi) is 5.77. The fraction of sp³-hybridized carbons (Fsp3) is 0.333. The van der Waals surface area contributed by atoms with Crippen LogP contribution in [0.1, 0.15) is 58.5 Å². The molecule has 1 N–H and O–H groups in total. The molecule has 0 saturated heterocycles. The van der Waals surface area contributed by atoms with E-state index in [2.05, 4.69) is 11.8 Å². The van der Waals surface area contributed by atoms with Gasteiger partial charge in [-0.1, -0.05) is 35.0 Å². The van der Waals surface area contributed by atoms with E-state index in [0.29, 0.717) is 21.2 Å². The predicted octanol–water partition coefficient (Wildman–Crippen LogP) is 5.96. The molecule has 0 unspecified atom stereocenters. The molecule has 0 bridgehead atoms. The van der Waals surface area contributed by atoms with Crippen molar-refractivity contribution in [3.05, 3.63) is 49.6 Å². The number of aromatic carboxylic acids is 1. The van der Waals surface area contributed by atoms with Crippen molar-refractivity contribution in [2.75, 3.05) is 4.90 Å². The number of benzene rings is 1. The van der Waals surface area contributed by atoms with E-state index < -0.39 is 5.97 Å². The monoisotopic (exact) mass is 435 g/mol. The van der Waals surface area contributed by atoms with Crippen molar-refractivity contribution in [3.63, 3.8) is 0 Å². The number of carboxylic acids is 1. The maximum Gasteiger partial charge on any atom is 0.348 e. The van der Waals surface area contributed by atoms with Crippen LogP contribution >= 0.6 is 34.5 Å². The predicted molar refractivity (Wildman–Crippen MR) is 114 cm³/mol. The molecule has 1 aromatic carbocycles. The number of thiophene rings is 1. The molecule has 1 aromatic heterocycles. The van der Waals surface area contributed by atoms with Crippen LogP contribution in [0.2, 0.25) is 10.0 Å². The van der Waals surface area contributed by atoms with Crippen LogP contribution in [-0.4, -0.2) is 23.0 Å². The summed E-state index contributed by atoms with van der Waals surface area (Å²) >= 11 is 13.2. The Balaban J connectivity index is 2.06. The summed E-state index contributed by atoms with van der Waals surface area (Å²) in [6.45, 7) is 5.94. The number of carbonyl (C=O) groups is 2. The maximum absolute atomic E-state index is 13.2. The average molecular weight is 436 g/mol. The first-order chi connectivity index (χ1) is 13.1. The molecule has 1 saturated carbocycles. The van der Waals surface area contributed by atoms with Crippen LogP contribution in [0.15, 0.2) is 24.3 Å². The lowest BCUT2D eigenvalue weighted by molar-refractivity contribution is 0.0703. The van der Waals surface area contributed by atoms with Gasteiger partial charge in [-0.3, -0.25) is 4.79 Å². The van der Waals surface area contributed by atoms with Gasteiger partial charge >= 0.3 is 5.97 Å². The van der Waals surface area contributed by atoms with Gasteiger partial charge in [-0.15, -0.1) is 11.3 Å². The minimum absolute atomic E-state index is 0.0460. The molecule has 4 nitrogen and oxygen atoms in total. The van der Waals surface area contributed by atoms with Crippen molar-refractivity contribution in [3.8, 4) is 11.8 Å². The highest BCUT2D eigenvalue weighted by Gasteiger charge is 2.38. The van der Waals surface area contributed by atoms with E-state index in [4.69, 9.17) is 23.2 Å². The zero-order chi connectivity index (χ0) is 20.6. The number of carbonyl (C=O) groups excluding carboxylic acids is 1. The molecule has 0 spiro atoms. The highest BCUT2D eigenvalue weighted by molar-refractivity contribution is 7.15. The number of rotatable bonds is 4. The number of amides is 1. The van der Waals surface area contributed by atoms with Crippen molar-refractivity contribution in [2.24, 2.45) is 5.41 Å². The first kappa shape index (κ1) is 20.7. The van der Waals surface area contributed by atoms with Gasteiger partial charge in [0.25, 0.3) is 5.91 Å². The van der Waals surface area contributed by atoms with Crippen LogP contribution < -0.4 is 4.90 Å². The highest BCUT2D eigenvalue weighted by Crippen LogP contribution is 2.39. The fourth-order valence-electron chi connectivity index (χ4n) is 2.62. The van der Waals surface area contributed by atoms with Gasteiger partial charge in [-0.2, -0.15) is 0 Å². The molecule has 2 aromatic rings. The summed E-state index contributed by atoms with van der Waals surface area (Å²) in [6.07, 6.45) is 1.63. The number of anilines is 1. The molecule has 0 aliphatic heterocycles. The molecule has 146 valence electrons. The summed E-state index contributed by atoms with van der Waals surface area (Å²) in [5, 5.41) is 10.4. The third kappa shape index (κ3) is 4.70. The Labute approximate surface area is 178 Å². The first-order valence-electron chi connectivity index (χ1n) is 8.76. The molecular formula is C21H19Cl2NO3S. The number of hydrogen-bond acceptors (Lipinski definition) is 3. The van der Waals surface area contributed by atoms with Crippen molar-refractivity contribution in [1.29, 1.82) is 0 Å². The Morgan fingerprint density at radius 1 is 1.21 bits per heavy atom. The van der Waals surface area contributed by atoms with Crippen LogP contribution in [0.25, 0.3) is 0 Å². The fourth-order valence-corrected chi connectivity index (χ4v) is 3.95. The molecule has 1 aliphatic rings. The standard InChI is InChI=1S/C21H19Cl2NO3S/c1-21(2,3)9-8-14-11-17(18(28-14)20(26)27)24(13-5-6-13)19(25)15-7-4-12(22)10-16(15)23/h4,7,10-11,13H,5-6H2,1-3H3,(H,26,27). The number of carboxylic acid groups (broad SMARTS) is 1. The lowest BCUT2D eigenvalue weighted by Gasteiger charge is -2.22. The molecule has 0 radical (unpaired) electrons. The van der Waals surface area contributed by atoms with Crippen LogP contribution in [0.5, 0.6) is 0 Å². The molecule has 7 heteroatoms. The quantitative estimate of drug-likeness (QED) is 0.602. The number of nitrogens with zero attached hydrogens (tertiary/aromatic N) is 1. The average Bonchev–Trinajstić information content (AvgIpc) is 3.31. The molecule has 28 heavy (non-hydrogen) atoms. The van der Waals surface area contributed by atoms with Crippen LogP contribution in [-0.2, 0) is 0 Å². The van der Waals surface area contributed by atoms with E-state index in [-0.39, 0.29) is 27.3 Å². The normalized spacial score (nSPS) is 13.6. The maximum atomic E-state index is 13.2. The van der Waals surface area contributed by atoms with Crippen molar-refractivity contribution in [1.82, 2.24) is 0 Å². The summed E-state index contributed by atoms with van der Waals surface area (Å²) in [5.74, 6) is 4.73. The molecule has 0 atom stereocenters. The van der Waals surface area contributed by atoms with Gasteiger partial charge in [0.05, 0.1) is 21.2 Å². The second-order valence-corrected chi connectivity index (χ2v) is 9.56. The van der Waals surface area contributed by atoms with E-state index >= 15 is 0 Å². The third-order valence-corrected chi connectivity index (χ3v) is 5.59. The van der Waals surface area contributed by atoms with Crippen LogP contribution in [0.4, 0.5) is 5.69 Å². The topological polar surface area (TPSA) is 57.6 Å². The minimum atomic E-state index is -1.08. The van der Waals surface area contributed by atoms with Crippen molar-refractivity contribution in [2.45, 2.75) is 39.7 Å². The molecule has 1 amide bonds. The Bertz CT molecular complexity index is 1010. The van der Waals surface area contributed by atoms with E-state index in [9.17, 15) is 14.7 Å². The van der Waals surface area contributed by atoms with E-state index in [0.717, 1.165) is 24.2 Å². The second kappa shape index (κ2) is 7.79. The van der Waals surface area contributed by atoms with Gasteiger partial charge in [0, 0.05) is 16.5 Å². The largest absolute Gasteiger partial charge is 0.477 e. The van der Waals surface area contributed by atoms with Gasteiger partial charge in [0.2, 0.25) is 0 Å². The Morgan fingerprint density at radius 3 is 2.43 bits per heavy atom. The molecular weight excluding hydrogens is 417 g/mol. The zero-order valence-electron chi connectivity index (χ0n) is 15.7. The van der Waals surface area contributed by atoms with E-state index in [1.54, 1.807) is 18.2 Å². The van der Waals surface area contributed by atoms with Crippen LogP contribution in [0.3, 0.4) is 0 Å². The highest BCUT2D eigenvalue weighted by atomic mass is 35.5. The minimum Gasteiger partial charge on any atom is -0.477 e. The van der Waals surface area contributed by atoms with Gasteiger partial charge in [-0.05, 0) is 57.9 Å². The first-order valence-corrected chi connectivity index (χ1v) is 10.3.